The molecular formula is C22H28N8O2. The van der Waals surface area contributed by atoms with Gasteiger partial charge < -0.3 is 20.5 Å². The molecule has 2 bridgehead atoms. The molecule has 32 heavy (non-hydrogen) atoms. The Balaban J connectivity index is 1.26. The van der Waals surface area contributed by atoms with Crippen LogP contribution in [-0.2, 0) is 13.2 Å². The molecule has 0 aliphatic carbocycles. The first-order chi connectivity index (χ1) is 15.7. The predicted molar refractivity (Wildman–Crippen MR) is 120 cm³/mol. The van der Waals surface area contributed by atoms with Crippen molar-refractivity contribution >= 4 is 17.6 Å². The van der Waals surface area contributed by atoms with Gasteiger partial charge in [-0.15, -0.1) is 0 Å². The molecule has 168 valence electrons. The quantitative estimate of drug-likeness (QED) is 0.421. The lowest BCUT2D eigenvalue weighted by Crippen LogP contribution is -2.46. The number of rotatable bonds is 8. The monoisotopic (exact) mass is 436 g/mol. The number of ether oxygens (including phenoxy) is 1. The summed E-state index contributed by atoms with van der Waals surface area (Å²) in [6.45, 7) is 0.880. The van der Waals surface area contributed by atoms with E-state index in [1.165, 1.54) is 18.4 Å². The lowest BCUT2D eigenvalue weighted by Gasteiger charge is -2.39. The lowest BCUT2D eigenvalue weighted by atomic mass is 9.97. The number of H-pyrrole nitrogens is 1. The summed E-state index contributed by atoms with van der Waals surface area (Å²) in [7, 11) is 1.59. The molecule has 2 aliphatic heterocycles. The number of aliphatic hydroxyl groups is 1. The Hall–Kier alpha value is -3.24. The first-order valence-electron chi connectivity index (χ1n) is 11.0. The van der Waals surface area contributed by atoms with Gasteiger partial charge in [-0.05, 0) is 43.4 Å². The van der Waals surface area contributed by atoms with Crippen molar-refractivity contribution in [1.82, 2.24) is 30.0 Å². The van der Waals surface area contributed by atoms with Crippen LogP contribution in [0.2, 0.25) is 0 Å². The van der Waals surface area contributed by atoms with Gasteiger partial charge in [-0.3, -0.25) is 15.0 Å². The van der Waals surface area contributed by atoms with Crippen LogP contribution >= 0.6 is 0 Å². The van der Waals surface area contributed by atoms with Crippen molar-refractivity contribution in [2.75, 3.05) is 17.7 Å². The highest BCUT2D eigenvalue weighted by Gasteiger charge is 2.40. The Morgan fingerprint density at radius 1 is 1.12 bits per heavy atom. The molecule has 0 amide bonds. The average molecular weight is 437 g/mol. The molecule has 5 heterocycles. The number of aromatic amines is 1. The van der Waals surface area contributed by atoms with Gasteiger partial charge in [0.1, 0.15) is 5.82 Å². The molecule has 2 fully saturated rings. The van der Waals surface area contributed by atoms with Gasteiger partial charge in [0.25, 0.3) is 0 Å². The molecule has 1 unspecified atom stereocenters. The Morgan fingerprint density at radius 2 is 1.91 bits per heavy atom. The molecular weight excluding hydrogens is 408 g/mol. The minimum atomic E-state index is -0.100. The second-order valence-electron chi connectivity index (χ2n) is 8.41. The summed E-state index contributed by atoms with van der Waals surface area (Å²) in [6, 6.07) is 9.09. The molecule has 10 heteroatoms. The van der Waals surface area contributed by atoms with Crippen molar-refractivity contribution in [2.24, 2.45) is 0 Å². The maximum atomic E-state index is 9.21. The molecule has 5 rings (SSSR count). The number of aromatic nitrogens is 5. The smallest absolute Gasteiger partial charge is 0.228 e. The van der Waals surface area contributed by atoms with Gasteiger partial charge in [0.05, 0.1) is 19.4 Å². The third kappa shape index (κ3) is 4.51. The number of fused-ring (bicyclic) bond motifs is 2. The van der Waals surface area contributed by atoms with E-state index in [9.17, 15) is 5.11 Å². The Bertz CT molecular complexity index is 1030. The fraction of sp³-hybridized carbons (Fsp3) is 0.455. The standard InChI is InChI=1S/C22H28N8O2/c1-32-21-11-19(25-20-10-16(13-31)28-29-20)26-22(27-21)24-15-8-17-2-3-18(9-15)30(17)12-14-4-6-23-7-5-14/h4-7,10-11,15,17-18,31H,2-3,8-9,12-13H2,1H3,(H3,24,25,26,27,28,29)/t15?,17-,18+. The van der Waals surface area contributed by atoms with E-state index in [0.717, 1.165) is 19.4 Å². The highest BCUT2D eigenvalue weighted by molar-refractivity contribution is 5.55. The lowest BCUT2D eigenvalue weighted by molar-refractivity contribution is 0.124. The number of nitrogens with one attached hydrogen (secondary N) is 3. The topological polar surface area (TPSA) is 124 Å². The number of methoxy groups -OCH3 is 1. The van der Waals surface area contributed by atoms with Gasteiger partial charge in [-0.1, -0.05) is 0 Å². The van der Waals surface area contributed by atoms with Crippen LogP contribution in [0.15, 0.2) is 36.7 Å². The van der Waals surface area contributed by atoms with E-state index < -0.39 is 0 Å². The number of nitrogens with zero attached hydrogens (tertiary/aromatic N) is 5. The van der Waals surface area contributed by atoms with Gasteiger partial charge in [-0.25, -0.2) is 0 Å². The number of piperidine rings is 1. The van der Waals surface area contributed by atoms with Crippen molar-refractivity contribution in [3.8, 4) is 5.88 Å². The van der Waals surface area contributed by atoms with Crippen LogP contribution in [0, 0.1) is 0 Å². The SMILES string of the molecule is COc1cc(Nc2cc(CO)[nH]n2)nc(NC2C[C@H]3CC[C@@H](C2)N3Cc2ccncc2)n1. The number of hydrogen-bond donors (Lipinski definition) is 4. The number of aliphatic hydroxyl groups excluding tert-OH is 1. The highest BCUT2D eigenvalue weighted by atomic mass is 16.5. The average Bonchev–Trinajstić information content (AvgIpc) is 3.35. The zero-order chi connectivity index (χ0) is 21.9. The van der Waals surface area contributed by atoms with Crippen LogP contribution < -0.4 is 15.4 Å². The molecule has 2 saturated heterocycles. The Kier molecular flexibility index (Phi) is 5.87. The van der Waals surface area contributed by atoms with E-state index in [4.69, 9.17) is 4.74 Å². The summed E-state index contributed by atoms with van der Waals surface area (Å²) in [6.07, 6.45) is 8.31. The fourth-order valence-corrected chi connectivity index (χ4v) is 4.83. The van der Waals surface area contributed by atoms with Crippen LogP contribution in [0.25, 0.3) is 0 Å². The van der Waals surface area contributed by atoms with Crippen LogP contribution in [0.5, 0.6) is 5.88 Å². The van der Waals surface area contributed by atoms with Crippen molar-refractivity contribution in [3.05, 3.63) is 47.9 Å². The third-order valence-electron chi connectivity index (χ3n) is 6.30. The second kappa shape index (κ2) is 9.09. The van der Waals surface area contributed by atoms with Crippen molar-refractivity contribution in [3.63, 3.8) is 0 Å². The summed E-state index contributed by atoms with van der Waals surface area (Å²) in [5, 5.41) is 22.8. The molecule has 3 aromatic rings. The molecule has 4 N–H and O–H groups in total. The van der Waals surface area contributed by atoms with Gasteiger partial charge >= 0.3 is 0 Å². The molecule has 0 spiro atoms. The van der Waals surface area contributed by atoms with Crippen molar-refractivity contribution < 1.29 is 9.84 Å². The van der Waals surface area contributed by atoms with E-state index in [1.54, 1.807) is 19.2 Å². The minimum Gasteiger partial charge on any atom is -0.481 e. The van der Waals surface area contributed by atoms with E-state index in [2.05, 4.69) is 52.8 Å². The van der Waals surface area contributed by atoms with E-state index in [0.29, 0.717) is 47.3 Å². The van der Waals surface area contributed by atoms with Gasteiger partial charge in [-0.2, -0.15) is 15.1 Å². The van der Waals surface area contributed by atoms with Crippen molar-refractivity contribution in [2.45, 2.75) is 57.0 Å². The normalized spacial score (nSPS) is 22.6. The van der Waals surface area contributed by atoms with Gasteiger partial charge in [0.15, 0.2) is 5.82 Å². The molecule has 0 radical (unpaired) electrons. The molecule has 3 aromatic heterocycles. The molecule has 0 aromatic carbocycles. The summed E-state index contributed by atoms with van der Waals surface area (Å²) in [5.41, 5.74) is 1.94. The summed E-state index contributed by atoms with van der Waals surface area (Å²) in [5.74, 6) is 2.16. The van der Waals surface area contributed by atoms with Gasteiger partial charge in [0, 0.05) is 49.2 Å². The zero-order valence-corrected chi connectivity index (χ0v) is 18.0. The van der Waals surface area contributed by atoms with Crippen molar-refractivity contribution in [1.29, 1.82) is 0 Å². The highest BCUT2D eigenvalue weighted by Crippen LogP contribution is 2.37. The van der Waals surface area contributed by atoms with Crippen LogP contribution in [-0.4, -0.2) is 60.4 Å². The first kappa shape index (κ1) is 20.7. The van der Waals surface area contributed by atoms with E-state index in [1.807, 2.05) is 12.4 Å². The van der Waals surface area contributed by atoms with Crippen LogP contribution in [0.3, 0.4) is 0 Å². The number of pyridine rings is 1. The molecule has 3 atom stereocenters. The molecule has 0 saturated carbocycles. The maximum Gasteiger partial charge on any atom is 0.228 e. The van der Waals surface area contributed by atoms with Crippen LogP contribution in [0.4, 0.5) is 17.6 Å². The maximum absolute atomic E-state index is 9.21. The summed E-state index contributed by atoms with van der Waals surface area (Å²) < 4.78 is 5.37. The first-order valence-corrected chi connectivity index (χ1v) is 11.0. The van der Waals surface area contributed by atoms with Crippen LogP contribution in [0.1, 0.15) is 36.9 Å². The number of anilines is 3. The fourth-order valence-electron chi connectivity index (χ4n) is 4.83. The minimum absolute atomic E-state index is 0.100. The predicted octanol–water partition coefficient (Wildman–Crippen LogP) is 2.45. The van der Waals surface area contributed by atoms with Gasteiger partial charge in [0.2, 0.25) is 11.8 Å². The Labute approximate surface area is 186 Å². The van der Waals surface area contributed by atoms with E-state index in [-0.39, 0.29) is 6.61 Å². The zero-order valence-electron chi connectivity index (χ0n) is 18.0. The molecule has 10 nitrogen and oxygen atoms in total. The second-order valence-corrected chi connectivity index (χ2v) is 8.41. The summed E-state index contributed by atoms with van der Waals surface area (Å²) >= 11 is 0. The van der Waals surface area contributed by atoms with E-state index >= 15 is 0 Å². The number of hydrogen-bond acceptors (Lipinski definition) is 9. The Morgan fingerprint density at radius 3 is 2.59 bits per heavy atom. The largest absolute Gasteiger partial charge is 0.481 e. The molecule has 2 aliphatic rings. The summed E-state index contributed by atoms with van der Waals surface area (Å²) in [4.78, 5) is 15.9. The third-order valence-corrected chi connectivity index (χ3v) is 6.30.